The third-order valence-corrected chi connectivity index (χ3v) is 8.86. The normalized spacial score (nSPS) is 17.5. The maximum absolute atomic E-state index is 12.7. The molecule has 4 aromatic rings. The van der Waals surface area contributed by atoms with E-state index in [9.17, 15) is 8.42 Å². The minimum absolute atomic E-state index is 0.261. The number of nitrogens with one attached hydrogen (secondary N) is 3. The number of para-hydroxylation sites is 1. The first kappa shape index (κ1) is 27.9. The zero-order valence-electron chi connectivity index (χ0n) is 23.4. The van der Waals surface area contributed by atoms with Crippen molar-refractivity contribution in [2.75, 3.05) is 35.6 Å². The quantitative estimate of drug-likeness (QED) is 0.234. The highest BCUT2D eigenvalue weighted by atomic mass is 32.2. The van der Waals surface area contributed by atoms with Gasteiger partial charge in [0.15, 0.2) is 0 Å². The van der Waals surface area contributed by atoms with Gasteiger partial charge in [-0.15, -0.1) is 0 Å². The topological polar surface area (TPSA) is 99.2 Å². The van der Waals surface area contributed by atoms with Crippen LogP contribution in [0.2, 0.25) is 0 Å². The second kappa shape index (κ2) is 12.2. The fourth-order valence-electron chi connectivity index (χ4n) is 5.26. The molecule has 40 heavy (non-hydrogen) atoms. The smallest absolute Gasteiger partial charge is 0.261 e. The predicted molar refractivity (Wildman–Crippen MR) is 163 cm³/mol. The van der Waals surface area contributed by atoms with Gasteiger partial charge in [0.25, 0.3) is 10.0 Å². The summed E-state index contributed by atoms with van der Waals surface area (Å²) in [6, 6.07) is 22.9. The molecular weight excluding hydrogens is 520 g/mol. The van der Waals surface area contributed by atoms with E-state index in [-0.39, 0.29) is 4.90 Å². The Morgan fingerprint density at radius 3 is 2.40 bits per heavy atom. The Hall–Kier alpha value is -3.69. The van der Waals surface area contributed by atoms with Crippen molar-refractivity contribution in [1.82, 2.24) is 15.3 Å². The summed E-state index contributed by atoms with van der Waals surface area (Å²) < 4.78 is 28.2. The van der Waals surface area contributed by atoms with E-state index in [1.54, 1.807) is 30.3 Å². The van der Waals surface area contributed by atoms with Crippen LogP contribution < -0.4 is 20.3 Å². The Balaban J connectivity index is 1.10. The molecule has 1 aliphatic rings. The average molecular weight is 559 g/mol. The standard InChI is InChI=1S/C31H38N6O2S/c1-22-11-17-27(18-12-22)40(38,39)36-26-8-6-7-24(19-26)21-32-20-23-13-15-25(16-14-23)33-31-34-29-10-5-4-9-28(29)30(35-31)37(2)3/h4-12,17-19,23,25,32,36H,13-16,20-21H2,1-3H3,(H,33,34,35)/t23-,25+. The number of benzene rings is 3. The van der Waals surface area contributed by atoms with Crippen LogP contribution in [0.5, 0.6) is 0 Å². The fourth-order valence-corrected chi connectivity index (χ4v) is 6.31. The molecule has 3 N–H and O–H groups in total. The van der Waals surface area contributed by atoms with Gasteiger partial charge in [0.2, 0.25) is 5.95 Å². The third kappa shape index (κ3) is 6.89. The highest BCUT2D eigenvalue weighted by Gasteiger charge is 2.22. The van der Waals surface area contributed by atoms with Crippen molar-refractivity contribution in [2.45, 2.75) is 50.1 Å². The van der Waals surface area contributed by atoms with E-state index in [0.717, 1.165) is 60.1 Å². The highest BCUT2D eigenvalue weighted by molar-refractivity contribution is 7.92. The first-order chi connectivity index (χ1) is 19.3. The Morgan fingerprint density at radius 1 is 0.900 bits per heavy atom. The first-order valence-electron chi connectivity index (χ1n) is 13.9. The zero-order chi connectivity index (χ0) is 28.1. The van der Waals surface area contributed by atoms with Gasteiger partial charge in [0, 0.05) is 37.8 Å². The van der Waals surface area contributed by atoms with Crippen LogP contribution in [0.25, 0.3) is 10.9 Å². The second-order valence-electron chi connectivity index (χ2n) is 10.9. The minimum Gasteiger partial charge on any atom is -0.362 e. The van der Waals surface area contributed by atoms with Gasteiger partial charge in [0.05, 0.1) is 10.4 Å². The lowest BCUT2D eigenvalue weighted by Gasteiger charge is -2.29. The van der Waals surface area contributed by atoms with Crippen molar-refractivity contribution < 1.29 is 8.42 Å². The van der Waals surface area contributed by atoms with E-state index < -0.39 is 10.0 Å². The van der Waals surface area contributed by atoms with E-state index in [1.165, 1.54) is 0 Å². The Morgan fingerprint density at radius 2 is 1.65 bits per heavy atom. The van der Waals surface area contributed by atoms with Crippen molar-refractivity contribution in [2.24, 2.45) is 5.92 Å². The van der Waals surface area contributed by atoms with Gasteiger partial charge in [-0.25, -0.2) is 13.4 Å². The molecule has 1 fully saturated rings. The minimum atomic E-state index is -3.62. The van der Waals surface area contributed by atoms with Crippen LogP contribution in [0, 0.1) is 12.8 Å². The first-order valence-corrected chi connectivity index (χ1v) is 15.3. The number of anilines is 3. The monoisotopic (exact) mass is 558 g/mol. The number of hydrogen-bond acceptors (Lipinski definition) is 7. The second-order valence-corrected chi connectivity index (χ2v) is 12.6. The van der Waals surface area contributed by atoms with Crippen molar-refractivity contribution >= 4 is 38.4 Å². The lowest BCUT2D eigenvalue weighted by atomic mass is 9.86. The Labute approximate surface area is 237 Å². The molecule has 0 saturated heterocycles. The van der Waals surface area contributed by atoms with E-state index in [1.807, 2.05) is 62.3 Å². The summed E-state index contributed by atoms with van der Waals surface area (Å²) in [5.74, 6) is 2.23. The molecule has 0 atom stereocenters. The van der Waals surface area contributed by atoms with Gasteiger partial charge in [-0.1, -0.05) is 42.0 Å². The zero-order valence-corrected chi connectivity index (χ0v) is 24.2. The number of aromatic nitrogens is 2. The maximum Gasteiger partial charge on any atom is 0.261 e. The molecule has 210 valence electrons. The van der Waals surface area contributed by atoms with E-state index in [0.29, 0.717) is 30.1 Å². The largest absolute Gasteiger partial charge is 0.362 e. The van der Waals surface area contributed by atoms with Gasteiger partial charge in [-0.2, -0.15) is 4.98 Å². The van der Waals surface area contributed by atoms with Gasteiger partial charge >= 0.3 is 0 Å². The molecule has 0 bridgehead atoms. The molecule has 0 aliphatic heterocycles. The SMILES string of the molecule is Cc1ccc(S(=O)(=O)Nc2cccc(CNC[C@H]3CC[C@@H](Nc4nc(N(C)C)c5ccccc5n4)CC3)c2)cc1. The number of aryl methyl sites for hydroxylation is 1. The molecule has 3 aromatic carbocycles. The number of sulfonamides is 1. The van der Waals surface area contributed by atoms with Crippen LogP contribution in [0.15, 0.2) is 77.7 Å². The third-order valence-electron chi connectivity index (χ3n) is 7.46. The van der Waals surface area contributed by atoms with Crippen molar-refractivity contribution in [3.63, 3.8) is 0 Å². The molecule has 1 heterocycles. The summed E-state index contributed by atoms with van der Waals surface area (Å²) in [5, 5.41) is 8.22. The van der Waals surface area contributed by atoms with Gasteiger partial charge in [0.1, 0.15) is 5.82 Å². The van der Waals surface area contributed by atoms with Crippen LogP contribution in [-0.4, -0.2) is 45.1 Å². The molecule has 0 radical (unpaired) electrons. The molecule has 8 nitrogen and oxygen atoms in total. The molecule has 5 rings (SSSR count). The van der Waals surface area contributed by atoms with Gasteiger partial charge < -0.3 is 15.5 Å². The van der Waals surface area contributed by atoms with Crippen LogP contribution in [0.1, 0.15) is 36.8 Å². The maximum atomic E-state index is 12.7. The van der Waals surface area contributed by atoms with Crippen LogP contribution in [0.3, 0.4) is 0 Å². The van der Waals surface area contributed by atoms with Crippen molar-refractivity contribution in [3.8, 4) is 0 Å². The van der Waals surface area contributed by atoms with Crippen molar-refractivity contribution in [3.05, 3.63) is 83.9 Å². The predicted octanol–water partition coefficient (Wildman–Crippen LogP) is 5.57. The van der Waals surface area contributed by atoms with E-state index >= 15 is 0 Å². The number of hydrogen-bond donors (Lipinski definition) is 3. The lowest BCUT2D eigenvalue weighted by Crippen LogP contribution is -2.31. The van der Waals surface area contributed by atoms with Gasteiger partial charge in [-0.3, -0.25) is 4.72 Å². The van der Waals surface area contributed by atoms with E-state index in [2.05, 4.69) is 21.4 Å². The summed E-state index contributed by atoms with van der Waals surface area (Å²) in [5.41, 5.74) is 3.59. The van der Waals surface area contributed by atoms with Crippen LogP contribution in [0.4, 0.5) is 17.5 Å². The summed E-state index contributed by atoms with van der Waals surface area (Å²) in [4.78, 5) is 11.9. The van der Waals surface area contributed by atoms with Crippen LogP contribution >= 0.6 is 0 Å². The fraction of sp³-hybridized carbons (Fsp3) is 0.355. The molecule has 1 aromatic heterocycles. The summed E-state index contributed by atoms with van der Waals surface area (Å²) in [7, 11) is 0.404. The average Bonchev–Trinajstić information content (AvgIpc) is 2.94. The molecule has 0 spiro atoms. The van der Waals surface area contributed by atoms with Crippen LogP contribution in [-0.2, 0) is 16.6 Å². The molecule has 9 heteroatoms. The summed E-state index contributed by atoms with van der Waals surface area (Å²) in [6.07, 6.45) is 4.43. The highest BCUT2D eigenvalue weighted by Crippen LogP contribution is 2.28. The Kier molecular flexibility index (Phi) is 8.52. The molecule has 1 saturated carbocycles. The Bertz CT molecular complexity index is 1550. The van der Waals surface area contributed by atoms with Crippen molar-refractivity contribution in [1.29, 1.82) is 0 Å². The van der Waals surface area contributed by atoms with Gasteiger partial charge in [-0.05, 0) is 87.0 Å². The molecular formula is C31H38N6O2S. The molecule has 1 aliphatic carbocycles. The molecule has 0 unspecified atom stereocenters. The summed E-state index contributed by atoms with van der Waals surface area (Å²) >= 11 is 0. The molecule has 0 amide bonds. The van der Waals surface area contributed by atoms with E-state index in [4.69, 9.17) is 9.97 Å². The number of rotatable bonds is 10. The number of nitrogens with zero attached hydrogens (tertiary/aromatic N) is 3. The number of fused-ring (bicyclic) bond motifs is 1. The summed E-state index contributed by atoms with van der Waals surface area (Å²) in [6.45, 7) is 3.56. The lowest BCUT2D eigenvalue weighted by molar-refractivity contribution is 0.324.